The molecule has 2 rings (SSSR count). The quantitative estimate of drug-likeness (QED) is 0.492. The van der Waals surface area contributed by atoms with Crippen molar-refractivity contribution in [2.45, 2.75) is 64.5 Å². The summed E-state index contributed by atoms with van der Waals surface area (Å²) >= 11 is 0. The van der Waals surface area contributed by atoms with E-state index in [4.69, 9.17) is 4.74 Å². The number of carbonyl (C=O) groups is 3. The molecule has 0 aromatic heterocycles. The molecule has 0 saturated heterocycles. The third kappa shape index (κ3) is 6.56. The molecule has 7 nitrogen and oxygen atoms in total. The Morgan fingerprint density at radius 2 is 1.86 bits per heavy atom. The van der Waals surface area contributed by atoms with Crippen LogP contribution in [-0.2, 0) is 14.3 Å². The Labute approximate surface area is 172 Å². The topological polar surface area (TPSA) is 105 Å². The van der Waals surface area contributed by atoms with E-state index in [0.717, 1.165) is 31.2 Å². The molecular formula is C22H32N2O5. The molecule has 3 N–H and O–H groups in total. The molecule has 1 saturated carbocycles. The van der Waals surface area contributed by atoms with E-state index in [0.29, 0.717) is 12.8 Å². The molecule has 0 unspecified atom stereocenters. The highest BCUT2D eigenvalue weighted by Crippen LogP contribution is 2.40. The Kier molecular flexibility index (Phi) is 8.64. The zero-order chi connectivity index (χ0) is 21.3. The third-order valence-electron chi connectivity index (χ3n) is 5.58. The molecule has 1 aromatic rings. The van der Waals surface area contributed by atoms with Crippen LogP contribution in [0.25, 0.3) is 0 Å². The van der Waals surface area contributed by atoms with Crippen LogP contribution in [-0.4, -0.2) is 42.1 Å². The first-order valence-corrected chi connectivity index (χ1v) is 10.3. The van der Waals surface area contributed by atoms with E-state index in [1.807, 2.05) is 37.3 Å². The standard InChI is InChI=1S/C22H32N2O5/c1-3-4-11-18(24-21(28)29-15-22(14-25)12-8-13-22)19(26)20(27)23-16(2)17-9-6-5-7-10-17/h5-7,9-10,16,18,25H,3-4,8,11-15H2,1-2H3,(H,23,27)(H,24,28)/t16-,18+/m1/s1. The second kappa shape index (κ2) is 11.0. The van der Waals surface area contributed by atoms with Crippen molar-refractivity contribution in [2.24, 2.45) is 5.41 Å². The average Bonchev–Trinajstić information content (AvgIpc) is 2.70. The summed E-state index contributed by atoms with van der Waals surface area (Å²) in [4.78, 5) is 37.3. The van der Waals surface area contributed by atoms with E-state index in [1.165, 1.54) is 0 Å². The van der Waals surface area contributed by atoms with Crippen LogP contribution in [0, 0.1) is 5.41 Å². The number of carbonyl (C=O) groups excluding carboxylic acids is 3. The highest BCUT2D eigenvalue weighted by atomic mass is 16.5. The van der Waals surface area contributed by atoms with Crippen LogP contribution in [0.1, 0.15) is 64.0 Å². The Hall–Kier alpha value is -2.41. The van der Waals surface area contributed by atoms with E-state index < -0.39 is 23.8 Å². The molecule has 160 valence electrons. The summed E-state index contributed by atoms with van der Waals surface area (Å²) in [5.41, 5.74) is 0.531. The number of Topliss-reactive ketones (excluding diaryl/α,β-unsaturated/α-hetero) is 1. The molecule has 1 aliphatic carbocycles. The number of aliphatic hydroxyl groups is 1. The maximum Gasteiger partial charge on any atom is 0.407 e. The van der Waals surface area contributed by atoms with Crippen LogP contribution < -0.4 is 10.6 Å². The number of hydrogen-bond donors (Lipinski definition) is 3. The molecule has 0 bridgehead atoms. The van der Waals surface area contributed by atoms with Crippen molar-refractivity contribution in [3.8, 4) is 0 Å². The van der Waals surface area contributed by atoms with Gasteiger partial charge in [-0.2, -0.15) is 0 Å². The van der Waals surface area contributed by atoms with Crippen molar-refractivity contribution in [2.75, 3.05) is 13.2 Å². The van der Waals surface area contributed by atoms with E-state index in [1.54, 1.807) is 6.92 Å². The number of rotatable bonds is 11. The van der Waals surface area contributed by atoms with Crippen LogP contribution in [0.3, 0.4) is 0 Å². The molecule has 7 heteroatoms. The van der Waals surface area contributed by atoms with E-state index >= 15 is 0 Å². The predicted octanol–water partition coefficient (Wildman–Crippen LogP) is 2.88. The van der Waals surface area contributed by atoms with Gasteiger partial charge in [0.05, 0.1) is 12.6 Å². The minimum Gasteiger partial charge on any atom is -0.449 e. The summed E-state index contributed by atoms with van der Waals surface area (Å²) in [6, 6.07) is 8.09. The lowest BCUT2D eigenvalue weighted by Crippen LogP contribution is -2.49. The van der Waals surface area contributed by atoms with Crippen molar-refractivity contribution in [1.82, 2.24) is 10.6 Å². The largest absolute Gasteiger partial charge is 0.449 e. The van der Waals surface area contributed by atoms with E-state index in [2.05, 4.69) is 10.6 Å². The molecule has 2 amide bonds. The SMILES string of the molecule is CCCC[C@H](NC(=O)OCC1(CO)CCC1)C(=O)C(=O)N[C@H](C)c1ccccc1. The molecule has 1 aliphatic rings. The minimum atomic E-state index is -0.933. The van der Waals surface area contributed by atoms with Gasteiger partial charge in [-0.3, -0.25) is 9.59 Å². The fourth-order valence-electron chi connectivity index (χ4n) is 3.36. The average molecular weight is 405 g/mol. The number of aliphatic hydroxyl groups excluding tert-OH is 1. The summed E-state index contributed by atoms with van der Waals surface area (Å²) in [6.45, 7) is 3.86. The summed E-state index contributed by atoms with van der Waals surface area (Å²) in [7, 11) is 0. The van der Waals surface area contributed by atoms with Gasteiger partial charge in [-0.25, -0.2) is 4.79 Å². The van der Waals surface area contributed by atoms with Crippen molar-refractivity contribution in [3.63, 3.8) is 0 Å². The fraction of sp³-hybridized carbons (Fsp3) is 0.591. The van der Waals surface area contributed by atoms with Gasteiger partial charge in [-0.1, -0.05) is 56.5 Å². The Balaban J connectivity index is 1.91. The van der Waals surface area contributed by atoms with Crippen LogP contribution in [0.5, 0.6) is 0 Å². The number of alkyl carbamates (subject to hydrolysis) is 1. The van der Waals surface area contributed by atoms with Gasteiger partial charge >= 0.3 is 6.09 Å². The van der Waals surface area contributed by atoms with Gasteiger partial charge in [0.1, 0.15) is 12.6 Å². The fourth-order valence-corrected chi connectivity index (χ4v) is 3.36. The molecule has 29 heavy (non-hydrogen) atoms. The molecule has 0 spiro atoms. The lowest BCUT2D eigenvalue weighted by atomic mass is 9.70. The maximum atomic E-state index is 12.7. The first-order chi connectivity index (χ1) is 13.9. The first kappa shape index (κ1) is 22.9. The van der Waals surface area contributed by atoms with Gasteiger partial charge in [0.25, 0.3) is 5.91 Å². The molecular weight excluding hydrogens is 372 g/mol. The summed E-state index contributed by atoms with van der Waals surface area (Å²) in [6.07, 6.45) is 3.78. The van der Waals surface area contributed by atoms with Crippen molar-refractivity contribution in [3.05, 3.63) is 35.9 Å². The van der Waals surface area contributed by atoms with Crippen molar-refractivity contribution >= 4 is 17.8 Å². The third-order valence-corrected chi connectivity index (χ3v) is 5.58. The molecule has 2 atom stereocenters. The number of unbranched alkanes of at least 4 members (excludes halogenated alkanes) is 1. The Morgan fingerprint density at radius 1 is 1.17 bits per heavy atom. The minimum absolute atomic E-state index is 0.0295. The number of benzene rings is 1. The number of ketones is 1. The predicted molar refractivity (Wildman–Crippen MR) is 109 cm³/mol. The Morgan fingerprint density at radius 3 is 2.41 bits per heavy atom. The molecule has 0 aliphatic heterocycles. The van der Waals surface area contributed by atoms with E-state index in [-0.39, 0.29) is 24.7 Å². The van der Waals surface area contributed by atoms with Gasteiger partial charge in [0.2, 0.25) is 5.78 Å². The number of ether oxygens (including phenoxy) is 1. The molecule has 1 aromatic carbocycles. The van der Waals surface area contributed by atoms with Crippen molar-refractivity contribution in [1.29, 1.82) is 0 Å². The van der Waals surface area contributed by atoms with Crippen molar-refractivity contribution < 1.29 is 24.2 Å². The highest BCUT2D eigenvalue weighted by molar-refractivity contribution is 6.38. The summed E-state index contributed by atoms with van der Waals surface area (Å²) in [5.74, 6) is -1.41. The number of nitrogens with one attached hydrogen (secondary N) is 2. The number of amides is 2. The first-order valence-electron chi connectivity index (χ1n) is 10.3. The summed E-state index contributed by atoms with van der Waals surface area (Å²) in [5, 5.41) is 14.7. The molecule has 0 radical (unpaired) electrons. The molecule has 0 heterocycles. The monoisotopic (exact) mass is 404 g/mol. The lowest BCUT2D eigenvalue weighted by Gasteiger charge is -2.39. The number of hydrogen-bond acceptors (Lipinski definition) is 5. The van der Waals surface area contributed by atoms with Crippen LogP contribution >= 0.6 is 0 Å². The van der Waals surface area contributed by atoms with E-state index in [9.17, 15) is 19.5 Å². The van der Waals surface area contributed by atoms with Gasteiger partial charge in [-0.15, -0.1) is 0 Å². The van der Waals surface area contributed by atoms with Gasteiger partial charge < -0.3 is 20.5 Å². The zero-order valence-electron chi connectivity index (χ0n) is 17.3. The second-order valence-electron chi connectivity index (χ2n) is 7.90. The smallest absolute Gasteiger partial charge is 0.407 e. The summed E-state index contributed by atoms with van der Waals surface area (Å²) < 4.78 is 5.24. The van der Waals surface area contributed by atoms with Gasteiger partial charge in [-0.05, 0) is 31.7 Å². The van der Waals surface area contributed by atoms with Gasteiger partial charge in [0.15, 0.2) is 0 Å². The van der Waals surface area contributed by atoms with Gasteiger partial charge in [0, 0.05) is 5.41 Å². The van der Waals surface area contributed by atoms with Crippen LogP contribution in [0.4, 0.5) is 4.79 Å². The Bertz CT molecular complexity index is 682. The maximum absolute atomic E-state index is 12.7. The van der Waals surface area contributed by atoms with Crippen LogP contribution in [0.2, 0.25) is 0 Å². The van der Waals surface area contributed by atoms with Crippen LogP contribution in [0.15, 0.2) is 30.3 Å². The normalized spacial score (nSPS) is 16.8. The lowest BCUT2D eigenvalue weighted by molar-refractivity contribution is -0.139. The molecule has 1 fully saturated rings. The second-order valence-corrected chi connectivity index (χ2v) is 7.90. The highest BCUT2D eigenvalue weighted by Gasteiger charge is 2.38. The zero-order valence-corrected chi connectivity index (χ0v) is 17.3.